The number of hydrogen-bond donors (Lipinski definition) is 1. The fourth-order valence-corrected chi connectivity index (χ4v) is 2.59. The van der Waals surface area contributed by atoms with E-state index in [0.29, 0.717) is 5.82 Å². The van der Waals surface area contributed by atoms with E-state index in [4.69, 9.17) is 11.6 Å². The molecule has 0 aliphatic heterocycles. The van der Waals surface area contributed by atoms with Crippen molar-refractivity contribution in [2.45, 2.75) is 11.9 Å². The summed E-state index contributed by atoms with van der Waals surface area (Å²) in [6, 6.07) is 3.17. The molecule has 1 N–H and O–H groups in total. The van der Waals surface area contributed by atoms with Gasteiger partial charge in [0, 0.05) is 19.4 Å². The molecule has 0 unspecified atom stereocenters. The zero-order valence-corrected chi connectivity index (χ0v) is 11.3. The molecule has 0 saturated heterocycles. The molecule has 0 aliphatic carbocycles. The first-order valence-electron chi connectivity index (χ1n) is 5.03. The zero-order chi connectivity index (χ0) is 13.3. The number of halogens is 1. The molecule has 0 radical (unpaired) electrons. The quantitative estimate of drug-likeness (QED) is 0.929. The number of nitrogens with zero attached hydrogens (tertiary/aromatic N) is 3. The molecule has 0 atom stereocenters. The van der Waals surface area contributed by atoms with Crippen LogP contribution < -0.4 is 4.72 Å². The largest absolute Gasteiger partial charge is 0.337 e. The number of sulfonamides is 1. The van der Waals surface area contributed by atoms with E-state index < -0.39 is 10.0 Å². The van der Waals surface area contributed by atoms with Gasteiger partial charge >= 0.3 is 0 Å². The van der Waals surface area contributed by atoms with Crippen molar-refractivity contribution in [3.8, 4) is 0 Å². The van der Waals surface area contributed by atoms with Crippen molar-refractivity contribution in [1.29, 1.82) is 0 Å². The summed E-state index contributed by atoms with van der Waals surface area (Å²) >= 11 is 5.84. The van der Waals surface area contributed by atoms with Gasteiger partial charge in [0.1, 0.15) is 5.82 Å². The van der Waals surface area contributed by atoms with E-state index in [1.807, 2.05) is 0 Å². The molecule has 0 fully saturated rings. The number of anilines is 1. The van der Waals surface area contributed by atoms with Gasteiger partial charge in [0.05, 0.1) is 5.02 Å². The lowest BCUT2D eigenvalue weighted by atomic mass is 10.5. The molecule has 2 aromatic heterocycles. The molecule has 0 spiro atoms. The van der Waals surface area contributed by atoms with Crippen molar-refractivity contribution in [3.63, 3.8) is 0 Å². The molecular weight excluding hydrogens is 276 g/mol. The van der Waals surface area contributed by atoms with Crippen LogP contribution >= 0.6 is 11.6 Å². The van der Waals surface area contributed by atoms with Gasteiger partial charge in [-0.15, -0.1) is 0 Å². The number of aryl methyl sites for hydroxylation is 2. The van der Waals surface area contributed by atoms with E-state index in [9.17, 15) is 8.42 Å². The SMILES string of the molecule is Cc1nc(S(=O)(=O)Nc2ncccc2Cl)cn1C. The van der Waals surface area contributed by atoms with Gasteiger partial charge in [0.15, 0.2) is 10.8 Å². The molecule has 0 aromatic carbocycles. The monoisotopic (exact) mass is 286 g/mol. The molecule has 0 aliphatic rings. The Labute approximate surface area is 110 Å². The Kier molecular flexibility index (Phi) is 3.27. The Balaban J connectivity index is 2.36. The number of rotatable bonds is 3. The van der Waals surface area contributed by atoms with Crippen LogP contribution in [0.25, 0.3) is 0 Å². The molecule has 0 saturated carbocycles. The molecule has 6 nitrogen and oxygen atoms in total. The highest BCUT2D eigenvalue weighted by molar-refractivity contribution is 7.92. The van der Waals surface area contributed by atoms with Crippen molar-refractivity contribution in [2.24, 2.45) is 7.05 Å². The second-order valence-corrected chi connectivity index (χ2v) is 5.71. The maximum atomic E-state index is 12.0. The molecule has 2 heterocycles. The molecular formula is C10H11ClN4O2S. The summed E-state index contributed by atoms with van der Waals surface area (Å²) in [5.41, 5.74) is 0. The van der Waals surface area contributed by atoms with Crippen LogP contribution in [0.1, 0.15) is 5.82 Å². The van der Waals surface area contributed by atoms with E-state index in [2.05, 4.69) is 14.7 Å². The summed E-state index contributed by atoms with van der Waals surface area (Å²) in [7, 11) is -2.05. The number of imidazole rings is 1. The minimum atomic E-state index is -3.77. The lowest BCUT2D eigenvalue weighted by Crippen LogP contribution is -2.14. The molecule has 0 amide bonds. The second kappa shape index (κ2) is 4.58. The fraction of sp³-hybridized carbons (Fsp3) is 0.200. The highest BCUT2D eigenvalue weighted by atomic mass is 35.5. The lowest BCUT2D eigenvalue weighted by Gasteiger charge is -2.05. The van der Waals surface area contributed by atoms with Crippen molar-refractivity contribution < 1.29 is 8.42 Å². The normalized spacial score (nSPS) is 11.5. The third-order valence-electron chi connectivity index (χ3n) is 2.35. The van der Waals surface area contributed by atoms with Gasteiger partial charge in [0.25, 0.3) is 10.0 Å². The van der Waals surface area contributed by atoms with Crippen LogP contribution in [0.15, 0.2) is 29.6 Å². The minimum Gasteiger partial charge on any atom is -0.337 e. The van der Waals surface area contributed by atoms with E-state index in [1.165, 1.54) is 12.4 Å². The van der Waals surface area contributed by atoms with Crippen molar-refractivity contribution in [1.82, 2.24) is 14.5 Å². The summed E-state index contributed by atoms with van der Waals surface area (Å²) in [6.07, 6.45) is 2.88. The first-order valence-corrected chi connectivity index (χ1v) is 6.89. The lowest BCUT2D eigenvalue weighted by molar-refractivity contribution is 0.598. The van der Waals surface area contributed by atoms with Gasteiger partial charge in [-0.2, -0.15) is 8.42 Å². The zero-order valence-electron chi connectivity index (χ0n) is 9.75. The number of hydrogen-bond acceptors (Lipinski definition) is 4. The molecule has 8 heteroatoms. The van der Waals surface area contributed by atoms with E-state index in [1.54, 1.807) is 30.7 Å². The van der Waals surface area contributed by atoms with Gasteiger partial charge in [0.2, 0.25) is 0 Å². The van der Waals surface area contributed by atoms with Crippen LogP contribution in [-0.4, -0.2) is 23.0 Å². The third kappa shape index (κ3) is 2.46. The third-order valence-corrected chi connectivity index (χ3v) is 3.87. The van der Waals surface area contributed by atoms with Gasteiger partial charge in [-0.1, -0.05) is 11.6 Å². The predicted molar refractivity (Wildman–Crippen MR) is 68.0 cm³/mol. The second-order valence-electron chi connectivity index (χ2n) is 3.68. The number of aromatic nitrogens is 3. The first-order chi connectivity index (χ1) is 8.40. The van der Waals surface area contributed by atoms with Gasteiger partial charge in [-0.05, 0) is 19.1 Å². The highest BCUT2D eigenvalue weighted by Gasteiger charge is 2.20. The van der Waals surface area contributed by atoms with Crippen LogP contribution in [0.2, 0.25) is 5.02 Å². The smallest absolute Gasteiger partial charge is 0.282 e. The highest BCUT2D eigenvalue weighted by Crippen LogP contribution is 2.21. The van der Waals surface area contributed by atoms with Crippen LogP contribution in [-0.2, 0) is 17.1 Å². The average molecular weight is 287 g/mol. The summed E-state index contributed by atoms with van der Waals surface area (Å²) in [5, 5.41) is 0.165. The summed E-state index contributed by atoms with van der Waals surface area (Å²) in [6.45, 7) is 1.72. The molecule has 2 aromatic rings. The maximum Gasteiger partial charge on any atom is 0.282 e. The minimum absolute atomic E-state index is 0.0655. The first kappa shape index (κ1) is 12.8. The fourth-order valence-electron chi connectivity index (χ4n) is 1.30. The van der Waals surface area contributed by atoms with E-state index in [-0.39, 0.29) is 15.9 Å². The maximum absolute atomic E-state index is 12.0. The summed E-state index contributed by atoms with van der Waals surface area (Å²) in [4.78, 5) is 7.81. The molecule has 2 rings (SSSR count). The molecule has 0 bridgehead atoms. The number of pyridine rings is 1. The van der Waals surface area contributed by atoms with Crippen molar-refractivity contribution >= 4 is 27.4 Å². The topological polar surface area (TPSA) is 76.9 Å². The molecule has 18 heavy (non-hydrogen) atoms. The predicted octanol–water partition coefficient (Wildman–Crippen LogP) is 1.58. The van der Waals surface area contributed by atoms with Crippen LogP contribution in [0.5, 0.6) is 0 Å². The van der Waals surface area contributed by atoms with Gasteiger partial charge in [-0.3, -0.25) is 4.72 Å². The Morgan fingerprint density at radius 2 is 2.17 bits per heavy atom. The van der Waals surface area contributed by atoms with Crippen molar-refractivity contribution in [2.75, 3.05) is 4.72 Å². The standard InChI is InChI=1S/C10H11ClN4O2S/c1-7-13-9(6-15(7)2)18(16,17)14-10-8(11)4-3-5-12-10/h3-6H,1-2H3,(H,12,14). The Morgan fingerprint density at radius 1 is 1.44 bits per heavy atom. The Morgan fingerprint density at radius 3 is 2.72 bits per heavy atom. The average Bonchev–Trinajstić information content (AvgIpc) is 2.63. The van der Waals surface area contributed by atoms with Crippen LogP contribution in [0.4, 0.5) is 5.82 Å². The Bertz CT molecular complexity index is 661. The Hall–Kier alpha value is -1.60. The van der Waals surface area contributed by atoms with E-state index in [0.717, 1.165) is 0 Å². The summed E-state index contributed by atoms with van der Waals surface area (Å²) in [5.74, 6) is 0.685. The van der Waals surface area contributed by atoms with Crippen LogP contribution in [0, 0.1) is 6.92 Å². The molecule has 96 valence electrons. The summed E-state index contributed by atoms with van der Waals surface area (Å²) < 4.78 is 28.0. The number of nitrogens with one attached hydrogen (secondary N) is 1. The van der Waals surface area contributed by atoms with Crippen LogP contribution in [0.3, 0.4) is 0 Å². The van der Waals surface area contributed by atoms with Crippen molar-refractivity contribution in [3.05, 3.63) is 35.4 Å². The van der Waals surface area contributed by atoms with Gasteiger partial charge < -0.3 is 4.57 Å². The van der Waals surface area contributed by atoms with E-state index >= 15 is 0 Å². The van der Waals surface area contributed by atoms with Gasteiger partial charge in [-0.25, -0.2) is 9.97 Å².